The normalized spacial score (nSPS) is 10.4. The molecular formula is C13H12ClNS. The molecule has 2 aromatic rings. The van der Waals surface area contributed by atoms with Crippen molar-refractivity contribution in [3.05, 3.63) is 53.1 Å². The van der Waals surface area contributed by atoms with Gasteiger partial charge in [-0.3, -0.25) is 0 Å². The van der Waals surface area contributed by atoms with E-state index in [0.29, 0.717) is 0 Å². The van der Waals surface area contributed by atoms with Gasteiger partial charge in [0.05, 0.1) is 5.02 Å². The highest BCUT2D eigenvalue weighted by molar-refractivity contribution is 7.99. The number of nitrogen functional groups attached to an aromatic ring is 1. The zero-order valence-electron chi connectivity index (χ0n) is 8.91. The van der Waals surface area contributed by atoms with Crippen molar-refractivity contribution in [3.8, 4) is 0 Å². The molecule has 0 saturated carbocycles. The van der Waals surface area contributed by atoms with Crippen LogP contribution in [0.25, 0.3) is 0 Å². The Morgan fingerprint density at radius 1 is 1.12 bits per heavy atom. The fourth-order valence-corrected chi connectivity index (χ4v) is 2.56. The second-order valence-electron chi connectivity index (χ2n) is 3.55. The summed E-state index contributed by atoms with van der Waals surface area (Å²) >= 11 is 7.75. The van der Waals surface area contributed by atoms with Crippen LogP contribution in [-0.4, -0.2) is 0 Å². The van der Waals surface area contributed by atoms with Crippen molar-refractivity contribution in [2.24, 2.45) is 0 Å². The van der Waals surface area contributed by atoms with Crippen LogP contribution in [0.1, 0.15) is 5.56 Å². The monoisotopic (exact) mass is 249 g/mol. The highest BCUT2D eigenvalue weighted by atomic mass is 35.5. The quantitative estimate of drug-likeness (QED) is 0.800. The minimum Gasteiger partial charge on any atom is -0.399 e. The van der Waals surface area contributed by atoms with Gasteiger partial charge >= 0.3 is 0 Å². The molecule has 1 nitrogen and oxygen atoms in total. The number of hydrogen-bond donors (Lipinski definition) is 1. The molecule has 0 heterocycles. The third kappa shape index (κ3) is 2.52. The smallest absolute Gasteiger partial charge is 0.0545 e. The van der Waals surface area contributed by atoms with Gasteiger partial charge in [-0.2, -0.15) is 0 Å². The zero-order chi connectivity index (χ0) is 11.5. The number of hydrogen-bond acceptors (Lipinski definition) is 2. The molecule has 0 unspecified atom stereocenters. The lowest BCUT2D eigenvalue weighted by Crippen LogP contribution is -1.88. The van der Waals surface area contributed by atoms with Gasteiger partial charge in [0.15, 0.2) is 0 Å². The molecule has 0 fully saturated rings. The van der Waals surface area contributed by atoms with Crippen LogP contribution < -0.4 is 5.73 Å². The molecule has 2 aromatic carbocycles. The average Bonchev–Trinajstić information content (AvgIpc) is 2.27. The fourth-order valence-electron chi connectivity index (χ4n) is 1.37. The molecule has 0 aliphatic heterocycles. The summed E-state index contributed by atoms with van der Waals surface area (Å²) in [7, 11) is 0. The van der Waals surface area contributed by atoms with E-state index < -0.39 is 0 Å². The van der Waals surface area contributed by atoms with Gasteiger partial charge < -0.3 is 5.73 Å². The van der Waals surface area contributed by atoms with Crippen LogP contribution in [0.5, 0.6) is 0 Å². The van der Waals surface area contributed by atoms with E-state index >= 15 is 0 Å². The molecule has 0 radical (unpaired) electrons. The van der Waals surface area contributed by atoms with Gasteiger partial charge in [0.1, 0.15) is 0 Å². The Kier molecular flexibility index (Phi) is 3.42. The maximum Gasteiger partial charge on any atom is 0.0545 e. The predicted molar refractivity (Wildman–Crippen MR) is 71.2 cm³/mol. The van der Waals surface area contributed by atoms with Gasteiger partial charge in [0, 0.05) is 15.5 Å². The van der Waals surface area contributed by atoms with Gasteiger partial charge in [0.2, 0.25) is 0 Å². The lowest BCUT2D eigenvalue weighted by molar-refractivity contribution is 1.35. The van der Waals surface area contributed by atoms with Crippen molar-refractivity contribution in [2.75, 3.05) is 5.73 Å². The molecule has 16 heavy (non-hydrogen) atoms. The molecule has 3 heteroatoms. The van der Waals surface area contributed by atoms with Gasteiger partial charge in [-0.15, -0.1) is 0 Å². The summed E-state index contributed by atoms with van der Waals surface area (Å²) in [5.74, 6) is 0. The minimum atomic E-state index is 0.780. The number of aryl methyl sites for hydroxylation is 1. The van der Waals surface area contributed by atoms with Crippen molar-refractivity contribution < 1.29 is 0 Å². The molecule has 2 rings (SSSR count). The van der Waals surface area contributed by atoms with E-state index in [1.165, 1.54) is 0 Å². The first-order chi connectivity index (χ1) is 7.66. The minimum absolute atomic E-state index is 0.780. The van der Waals surface area contributed by atoms with Crippen molar-refractivity contribution in [1.29, 1.82) is 0 Å². The zero-order valence-corrected chi connectivity index (χ0v) is 10.5. The first kappa shape index (κ1) is 11.4. The molecule has 82 valence electrons. The van der Waals surface area contributed by atoms with Crippen molar-refractivity contribution in [3.63, 3.8) is 0 Å². The number of anilines is 1. The molecular weight excluding hydrogens is 238 g/mol. The Morgan fingerprint density at radius 2 is 1.88 bits per heavy atom. The number of nitrogens with two attached hydrogens (primary N) is 1. The van der Waals surface area contributed by atoms with Crippen LogP contribution in [0.15, 0.2) is 52.3 Å². The van der Waals surface area contributed by atoms with Gasteiger partial charge in [-0.1, -0.05) is 35.5 Å². The fraction of sp³-hybridized carbons (Fsp3) is 0.0769. The second-order valence-corrected chi connectivity index (χ2v) is 5.07. The van der Waals surface area contributed by atoms with E-state index in [-0.39, 0.29) is 0 Å². The molecule has 0 spiro atoms. The van der Waals surface area contributed by atoms with Crippen LogP contribution >= 0.6 is 23.4 Å². The summed E-state index contributed by atoms with van der Waals surface area (Å²) < 4.78 is 0. The van der Waals surface area contributed by atoms with Crippen LogP contribution in [0.2, 0.25) is 5.02 Å². The van der Waals surface area contributed by atoms with E-state index in [9.17, 15) is 0 Å². The first-order valence-corrected chi connectivity index (χ1v) is 6.15. The summed E-state index contributed by atoms with van der Waals surface area (Å²) in [5.41, 5.74) is 7.69. The lowest BCUT2D eigenvalue weighted by Gasteiger charge is -2.06. The van der Waals surface area contributed by atoms with Gasteiger partial charge in [-0.05, 0) is 42.8 Å². The molecule has 0 aliphatic rings. The summed E-state index contributed by atoms with van der Waals surface area (Å²) in [6.45, 7) is 2.01. The molecule has 0 bridgehead atoms. The Balaban J connectivity index is 2.28. The Bertz CT molecular complexity index is 511. The van der Waals surface area contributed by atoms with Gasteiger partial charge in [-0.25, -0.2) is 0 Å². The number of benzene rings is 2. The summed E-state index contributed by atoms with van der Waals surface area (Å²) in [5, 5.41) is 0.780. The van der Waals surface area contributed by atoms with Gasteiger partial charge in [0.25, 0.3) is 0 Å². The van der Waals surface area contributed by atoms with E-state index in [1.54, 1.807) is 11.8 Å². The molecule has 0 atom stereocenters. The summed E-state index contributed by atoms with van der Waals surface area (Å²) in [4.78, 5) is 2.22. The molecule has 2 N–H and O–H groups in total. The third-order valence-electron chi connectivity index (χ3n) is 2.31. The van der Waals surface area contributed by atoms with E-state index in [1.807, 2.05) is 43.3 Å². The Morgan fingerprint density at radius 3 is 2.56 bits per heavy atom. The Labute approximate surface area is 105 Å². The Hall–Kier alpha value is -1.12. The van der Waals surface area contributed by atoms with Crippen molar-refractivity contribution in [2.45, 2.75) is 16.7 Å². The van der Waals surface area contributed by atoms with E-state index in [0.717, 1.165) is 26.1 Å². The maximum absolute atomic E-state index is 6.10. The molecule has 0 saturated heterocycles. The first-order valence-electron chi connectivity index (χ1n) is 4.95. The molecule has 0 aliphatic carbocycles. The van der Waals surface area contributed by atoms with E-state index in [2.05, 4.69) is 6.07 Å². The SMILES string of the molecule is Cc1cc(Sc2ccccc2Cl)ccc1N. The molecule has 0 aromatic heterocycles. The number of halogens is 1. The highest BCUT2D eigenvalue weighted by Crippen LogP contribution is 2.33. The van der Waals surface area contributed by atoms with Crippen molar-refractivity contribution >= 4 is 29.1 Å². The maximum atomic E-state index is 6.10. The predicted octanol–water partition coefficient (Wildman–Crippen LogP) is 4.38. The second kappa shape index (κ2) is 4.81. The van der Waals surface area contributed by atoms with Crippen LogP contribution in [0.4, 0.5) is 5.69 Å². The highest BCUT2D eigenvalue weighted by Gasteiger charge is 2.02. The van der Waals surface area contributed by atoms with Crippen molar-refractivity contribution in [1.82, 2.24) is 0 Å². The topological polar surface area (TPSA) is 26.0 Å². The summed E-state index contributed by atoms with van der Waals surface area (Å²) in [6, 6.07) is 13.8. The third-order valence-corrected chi connectivity index (χ3v) is 3.81. The molecule has 0 amide bonds. The average molecular weight is 250 g/mol. The van der Waals surface area contributed by atoms with Crippen LogP contribution in [-0.2, 0) is 0 Å². The summed E-state index contributed by atoms with van der Waals surface area (Å²) in [6.07, 6.45) is 0. The van der Waals surface area contributed by atoms with Crippen LogP contribution in [0, 0.1) is 6.92 Å². The standard InChI is InChI=1S/C13H12ClNS/c1-9-8-10(6-7-12(9)15)16-13-5-3-2-4-11(13)14/h2-8H,15H2,1H3. The lowest BCUT2D eigenvalue weighted by atomic mass is 10.2. The van der Waals surface area contributed by atoms with E-state index in [4.69, 9.17) is 17.3 Å². The largest absolute Gasteiger partial charge is 0.399 e. The number of rotatable bonds is 2. The van der Waals surface area contributed by atoms with Crippen LogP contribution in [0.3, 0.4) is 0 Å².